The largest absolute Gasteiger partial charge is 0.496 e. The molecule has 0 unspecified atom stereocenters. The number of nitrogens with zero attached hydrogens (tertiary/aromatic N) is 2. The van der Waals surface area contributed by atoms with Crippen LogP contribution in [0.2, 0.25) is 0 Å². The number of carbonyl (C=O) groups excluding carboxylic acids is 2. The zero-order valence-corrected chi connectivity index (χ0v) is 19.2. The Morgan fingerprint density at radius 1 is 0.906 bits per heavy atom. The van der Waals surface area contributed by atoms with Gasteiger partial charge in [-0.1, -0.05) is 36.4 Å². The van der Waals surface area contributed by atoms with Gasteiger partial charge in [0, 0.05) is 0 Å². The third-order valence-electron chi connectivity index (χ3n) is 5.90. The first kappa shape index (κ1) is 20.7. The monoisotopic (exact) mass is 492 g/mol. The highest BCUT2D eigenvalue weighted by Crippen LogP contribution is 2.48. The van der Waals surface area contributed by atoms with Gasteiger partial charge in [-0.2, -0.15) is 0 Å². The summed E-state index contributed by atoms with van der Waals surface area (Å²) in [5.41, 5.74) is 3.17. The summed E-state index contributed by atoms with van der Waals surface area (Å²) in [6.45, 7) is 1.93. The Morgan fingerprint density at radius 2 is 1.66 bits per heavy atom. The van der Waals surface area contributed by atoms with Gasteiger partial charge in [0.15, 0.2) is 6.10 Å². The van der Waals surface area contributed by atoms with Crippen LogP contribution in [0, 0.1) is 12.8 Å². The summed E-state index contributed by atoms with van der Waals surface area (Å²) in [7, 11) is 1.60. The molecule has 0 radical (unpaired) electrons. The molecule has 0 spiro atoms. The fourth-order valence-corrected chi connectivity index (χ4v) is 5.00. The molecular weight excluding hydrogens is 472 g/mol. The van der Waals surface area contributed by atoms with Gasteiger partial charge in [0.1, 0.15) is 11.7 Å². The number of benzene rings is 3. The van der Waals surface area contributed by atoms with Crippen molar-refractivity contribution in [3.63, 3.8) is 0 Å². The van der Waals surface area contributed by atoms with Crippen molar-refractivity contribution in [1.82, 2.24) is 0 Å². The molecule has 2 heterocycles. The van der Waals surface area contributed by atoms with Crippen LogP contribution in [-0.2, 0) is 14.4 Å². The third-order valence-corrected chi connectivity index (χ3v) is 6.52. The summed E-state index contributed by atoms with van der Waals surface area (Å²) < 4.78 is 6.13. The second-order valence-corrected chi connectivity index (χ2v) is 8.76. The maximum atomic E-state index is 13.6. The summed E-state index contributed by atoms with van der Waals surface area (Å²) in [6, 6.07) is 22.1. The molecule has 7 heteroatoms. The molecular formula is C25H21BrN2O4. The quantitative estimate of drug-likeness (QED) is 0.488. The van der Waals surface area contributed by atoms with Gasteiger partial charge in [0.2, 0.25) is 5.91 Å². The predicted octanol–water partition coefficient (Wildman–Crippen LogP) is 4.82. The van der Waals surface area contributed by atoms with Crippen LogP contribution in [0.5, 0.6) is 5.75 Å². The van der Waals surface area contributed by atoms with Crippen LogP contribution in [0.3, 0.4) is 0 Å². The van der Waals surface area contributed by atoms with E-state index in [-0.39, 0.29) is 11.8 Å². The molecule has 2 fully saturated rings. The Kier molecular flexibility index (Phi) is 5.23. The first-order chi connectivity index (χ1) is 15.5. The number of carbonyl (C=O) groups is 2. The van der Waals surface area contributed by atoms with Crippen molar-refractivity contribution in [2.24, 2.45) is 5.92 Å². The number of imide groups is 1. The molecule has 3 aromatic rings. The number of anilines is 2. The summed E-state index contributed by atoms with van der Waals surface area (Å²) >= 11 is 3.54. The van der Waals surface area contributed by atoms with Gasteiger partial charge in [-0.15, -0.1) is 0 Å². The SMILES string of the molecule is COc1ccc([C@@H]2[C@H]3C(=O)N(c4cccc(C)c4)C(=O)[C@@H]3ON2c2ccccc2)cc1Br. The van der Waals surface area contributed by atoms with Crippen molar-refractivity contribution in [3.8, 4) is 5.75 Å². The minimum atomic E-state index is -0.894. The molecule has 0 aromatic heterocycles. The molecule has 3 aromatic carbocycles. The van der Waals surface area contributed by atoms with Crippen LogP contribution in [0.25, 0.3) is 0 Å². The van der Waals surface area contributed by atoms with E-state index >= 15 is 0 Å². The van der Waals surface area contributed by atoms with Crippen molar-refractivity contribution in [2.75, 3.05) is 17.1 Å². The predicted molar refractivity (Wildman–Crippen MR) is 124 cm³/mol. The van der Waals surface area contributed by atoms with Gasteiger partial charge in [0.05, 0.1) is 29.0 Å². The van der Waals surface area contributed by atoms with Crippen LogP contribution in [0.4, 0.5) is 11.4 Å². The van der Waals surface area contributed by atoms with Crippen molar-refractivity contribution in [1.29, 1.82) is 0 Å². The zero-order chi connectivity index (χ0) is 22.4. The van der Waals surface area contributed by atoms with E-state index < -0.39 is 18.1 Å². The number of rotatable bonds is 4. The van der Waals surface area contributed by atoms with Crippen LogP contribution < -0.4 is 14.7 Å². The number of methoxy groups -OCH3 is 1. The molecule has 3 atom stereocenters. The van der Waals surface area contributed by atoms with E-state index in [4.69, 9.17) is 9.57 Å². The number of amides is 2. The Hall–Kier alpha value is -3.16. The maximum Gasteiger partial charge on any atom is 0.266 e. The lowest BCUT2D eigenvalue weighted by Gasteiger charge is -2.29. The zero-order valence-electron chi connectivity index (χ0n) is 17.6. The third kappa shape index (κ3) is 3.29. The van der Waals surface area contributed by atoms with Crippen molar-refractivity contribution < 1.29 is 19.2 Å². The molecule has 0 bridgehead atoms. The molecule has 2 aliphatic heterocycles. The van der Waals surface area contributed by atoms with E-state index in [1.54, 1.807) is 18.2 Å². The highest BCUT2D eigenvalue weighted by Gasteiger charge is 2.60. The highest BCUT2D eigenvalue weighted by atomic mass is 79.9. The van der Waals surface area contributed by atoms with E-state index in [2.05, 4.69) is 15.9 Å². The second-order valence-electron chi connectivity index (χ2n) is 7.90. The average molecular weight is 493 g/mol. The fourth-order valence-electron chi connectivity index (χ4n) is 4.44. The number of hydrogen-bond acceptors (Lipinski definition) is 5. The van der Waals surface area contributed by atoms with Gasteiger partial charge < -0.3 is 4.74 Å². The van der Waals surface area contributed by atoms with Crippen LogP contribution in [-0.4, -0.2) is 25.0 Å². The van der Waals surface area contributed by atoms with E-state index in [0.29, 0.717) is 11.4 Å². The molecule has 2 amide bonds. The highest BCUT2D eigenvalue weighted by molar-refractivity contribution is 9.10. The molecule has 5 rings (SSSR count). The Balaban J connectivity index is 1.60. The lowest BCUT2D eigenvalue weighted by atomic mass is 9.90. The molecule has 6 nitrogen and oxygen atoms in total. The number of ether oxygens (including phenoxy) is 1. The molecule has 2 saturated heterocycles. The normalized spacial score (nSPS) is 22.4. The number of hydroxylamine groups is 1. The molecule has 32 heavy (non-hydrogen) atoms. The Labute approximate surface area is 194 Å². The first-order valence-electron chi connectivity index (χ1n) is 10.3. The van der Waals surface area contributed by atoms with Crippen LogP contribution in [0.1, 0.15) is 17.2 Å². The standard InChI is InChI=1S/C25H21BrN2O4/c1-15-7-6-10-18(13-15)27-24(29)21-22(16-11-12-20(31-2)19(26)14-16)28(32-23(21)25(27)30)17-8-4-3-5-9-17/h3-14,21-23H,1-2H3/t21-,22-,23-/m1/s1. The van der Waals surface area contributed by atoms with E-state index in [0.717, 1.165) is 21.3 Å². The lowest BCUT2D eigenvalue weighted by molar-refractivity contribution is -0.126. The van der Waals surface area contributed by atoms with Crippen LogP contribution >= 0.6 is 15.9 Å². The minimum Gasteiger partial charge on any atom is -0.496 e. The molecule has 2 aliphatic rings. The average Bonchev–Trinajstić information content (AvgIpc) is 3.30. The van der Waals surface area contributed by atoms with Gasteiger partial charge in [-0.05, 0) is 70.4 Å². The Bertz CT molecular complexity index is 1200. The molecule has 0 saturated carbocycles. The number of aryl methyl sites for hydroxylation is 1. The summed E-state index contributed by atoms with van der Waals surface area (Å²) in [4.78, 5) is 34.4. The van der Waals surface area contributed by atoms with E-state index in [1.807, 2.05) is 73.7 Å². The smallest absolute Gasteiger partial charge is 0.266 e. The number of hydrogen-bond donors (Lipinski definition) is 0. The van der Waals surface area contributed by atoms with E-state index in [9.17, 15) is 9.59 Å². The maximum absolute atomic E-state index is 13.6. The van der Waals surface area contributed by atoms with Gasteiger partial charge in [-0.3, -0.25) is 14.4 Å². The summed E-state index contributed by atoms with van der Waals surface area (Å²) in [5, 5.41) is 1.69. The number of para-hydroxylation sites is 1. The molecule has 0 N–H and O–H groups in total. The number of halogens is 1. The fraction of sp³-hybridized carbons (Fsp3) is 0.200. The summed E-state index contributed by atoms with van der Waals surface area (Å²) in [6.07, 6.45) is -0.894. The second kappa shape index (κ2) is 8.07. The lowest BCUT2D eigenvalue weighted by Crippen LogP contribution is -2.37. The van der Waals surface area contributed by atoms with E-state index in [1.165, 1.54) is 4.90 Å². The molecule has 0 aliphatic carbocycles. The van der Waals surface area contributed by atoms with Gasteiger partial charge in [0.25, 0.3) is 5.91 Å². The van der Waals surface area contributed by atoms with Crippen molar-refractivity contribution in [2.45, 2.75) is 19.1 Å². The topological polar surface area (TPSA) is 59.1 Å². The van der Waals surface area contributed by atoms with Gasteiger partial charge >= 0.3 is 0 Å². The van der Waals surface area contributed by atoms with Crippen molar-refractivity contribution in [3.05, 3.63) is 88.4 Å². The number of fused-ring (bicyclic) bond motifs is 1. The van der Waals surface area contributed by atoms with Gasteiger partial charge in [-0.25, -0.2) is 9.96 Å². The van der Waals surface area contributed by atoms with Crippen LogP contribution in [0.15, 0.2) is 77.3 Å². The first-order valence-corrected chi connectivity index (χ1v) is 11.1. The summed E-state index contributed by atoms with van der Waals surface area (Å²) in [5.74, 6) is -0.600. The molecule has 162 valence electrons. The van der Waals surface area contributed by atoms with Crippen molar-refractivity contribution >= 4 is 39.1 Å². The Morgan fingerprint density at radius 3 is 2.34 bits per heavy atom. The minimum absolute atomic E-state index is 0.263.